The van der Waals surface area contributed by atoms with Crippen LogP contribution in [0.3, 0.4) is 0 Å². The molecule has 1 aromatic carbocycles. The van der Waals surface area contributed by atoms with Gasteiger partial charge in [0.05, 0.1) is 18.9 Å². The van der Waals surface area contributed by atoms with Gasteiger partial charge in [0.2, 0.25) is 5.95 Å². The lowest BCUT2D eigenvalue weighted by Crippen LogP contribution is -2.10. The molecule has 122 valence electrons. The highest BCUT2D eigenvalue weighted by Crippen LogP contribution is 2.29. The van der Waals surface area contributed by atoms with Crippen LogP contribution in [0.5, 0.6) is 5.75 Å². The van der Waals surface area contributed by atoms with Gasteiger partial charge in [-0.1, -0.05) is 12.1 Å². The summed E-state index contributed by atoms with van der Waals surface area (Å²) in [6, 6.07) is 8.88. The SMILES string of the molecule is CCOC(=O)c1cc(-c2ccccc2OCCOC)nc(N)n1. The number of carbonyl (C=O) groups is 1. The minimum Gasteiger partial charge on any atom is -0.490 e. The van der Waals surface area contributed by atoms with Crippen molar-refractivity contribution in [1.29, 1.82) is 0 Å². The van der Waals surface area contributed by atoms with E-state index in [0.717, 1.165) is 0 Å². The Balaban J connectivity index is 2.36. The number of anilines is 1. The Kier molecular flexibility index (Phi) is 5.87. The maximum absolute atomic E-state index is 11.9. The van der Waals surface area contributed by atoms with E-state index in [2.05, 4.69) is 9.97 Å². The third-order valence-electron chi connectivity index (χ3n) is 2.94. The molecule has 0 aliphatic heterocycles. The van der Waals surface area contributed by atoms with Crippen molar-refractivity contribution >= 4 is 11.9 Å². The van der Waals surface area contributed by atoms with E-state index in [9.17, 15) is 4.79 Å². The van der Waals surface area contributed by atoms with Crippen molar-refractivity contribution in [3.05, 3.63) is 36.0 Å². The summed E-state index contributed by atoms with van der Waals surface area (Å²) >= 11 is 0. The van der Waals surface area contributed by atoms with Gasteiger partial charge in [0.25, 0.3) is 0 Å². The highest BCUT2D eigenvalue weighted by Gasteiger charge is 2.15. The van der Waals surface area contributed by atoms with E-state index >= 15 is 0 Å². The van der Waals surface area contributed by atoms with E-state index in [0.29, 0.717) is 30.2 Å². The van der Waals surface area contributed by atoms with Crippen molar-refractivity contribution in [2.24, 2.45) is 0 Å². The zero-order chi connectivity index (χ0) is 16.7. The van der Waals surface area contributed by atoms with Crippen molar-refractivity contribution in [3.8, 4) is 17.0 Å². The molecule has 0 amide bonds. The third kappa shape index (κ3) is 4.40. The quantitative estimate of drug-likeness (QED) is 0.615. The molecule has 0 atom stereocenters. The van der Waals surface area contributed by atoms with Crippen LogP contribution in [0.15, 0.2) is 30.3 Å². The molecule has 0 radical (unpaired) electrons. The minimum atomic E-state index is -0.541. The van der Waals surface area contributed by atoms with Crippen LogP contribution in [0.1, 0.15) is 17.4 Å². The number of benzene rings is 1. The van der Waals surface area contributed by atoms with Gasteiger partial charge in [-0.15, -0.1) is 0 Å². The minimum absolute atomic E-state index is 0.00255. The van der Waals surface area contributed by atoms with Crippen molar-refractivity contribution < 1.29 is 19.0 Å². The van der Waals surface area contributed by atoms with E-state index in [4.69, 9.17) is 19.9 Å². The molecule has 0 saturated carbocycles. The first kappa shape index (κ1) is 16.7. The Morgan fingerprint density at radius 3 is 2.74 bits per heavy atom. The second-order valence-corrected chi connectivity index (χ2v) is 4.55. The summed E-state index contributed by atoms with van der Waals surface area (Å²) in [7, 11) is 1.60. The standard InChI is InChI=1S/C16H19N3O4/c1-3-22-15(20)13-10-12(18-16(17)19-13)11-6-4-5-7-14(11)23-9-8-21-2/h4-7,10H,3,8-9H2,1-2H3,(H2,17,18,19). The van der Waals surface area contributed by atoms with Gasteiger partial charge in [0.1, 0.15) is 12.4 Å². The first-order valence-electron chi connectivity index (χ1n) is 7.18. The molecule has 2 N–H and O–H groups in total. The largest absolute Gasteiger partial charge is 0.490 e. The van der Waals surface area contributed by atoms with Gasteiger partial charge < -0.3 is 19.9 Å². The van der Waals surface area contributed by atoms with E-state index in [1.54, 1.807) is 14.0 Å². The molecule has 1 aromatic heterocycles. The van der Waals surface area contributed by atoms with Gasteiger partial charge in [0, 0.05) is 12.7 Å². The lowest BCUT2D eigenvalue weighted by molar-refractivity contribution is 0.0519. The van der Waals surface area contributed by atoms with Crippen LogP contribution in [0.25, 0.3) is 11.3 Å². The fraction of sp³-hybridized carbons (Fsp3) is 0.312. The van der Waals surface area contributed by atoms with Crippen LogP contribution in [0.4, 0.5) is 5.95 Å². The summed E-state index contributed by atoms with van der Waals surface area (Å²) in [5.41, 5.74) is 7.03. The van der Waals surface area contributed by atoms with Crippen LogP contribution in [0.2, 0.25) is 0 Å². The van der Waals surface area contributed by atoms with Gasteiger partial charge in [-0.25, -0.2) is 14.8 Å². The fourth-order valence-electron chi connectivity index (χ4n) is 1.95. The number of ether oxygens (including phenoxy) is 3. The average molecular weight is 317 g/mol. The number of rotatable bonds is 7. The topological polar surface area (TPSA) is 96.6 Å². The molecule has 7 nitrogen and oxygen atoms in total. The third-order valence-corrected chi connectivity index (χ3v) is 2.94. The van der Waals surface area contributed by atoms with Crippen LogP contribution in [-0.2, 0) is 9.47 Å². The molecule has 0 unspecified atom stereocenters. The summed E-state index contributed by atoms with van der Waals surface area (Å²) in [4.78, 5) is 20.0. The van der Waals surface area contributed by atoms with Crippen molar-refractivity contribution in [3.63, 3.8) is 0 Å². The van der Waals surface area contributed by atoms with Crippen LogP contribution >= 0.6 is 0 Å². The molecule has 2 aromatic rings. The molecule has 0 saturated heterocycles. The maximum Gasteiger partial charge on any atom is 0.357 e. The van der Waals surface area contributed by atoms with Gasteiger partial charge >= 0.3 is 5.97 Å². The molecule has 0 bridgehead atoms. The molecule has 0 spiro atoms. The first-order valence-corrected chi connectivity index (χ1v) is 7.18. The van der Waals surface area contributed by atoms with Crippen molar-refractivity contribution in [1.82, 2.24) is 9.97 Å². The zero-order valence-electron chi connectivity index (χ0n) is 13.1. The molecule has 2 rings (SSSR count). The number of hydrogen-bond acceptors (Lipinski definition) is 7. The molecule has 0 aliphatic rings. The molecule has 7 heteroatoms. The lowest BCUT2D eigenvalue weighted by Gasteiger charge is -2.11. The predicted octanol–water partition coefficient (Wildman–Crippen LogP) is 1.93. The average Bonchev–Trinajstić information content (AvgIpc) is 2.55. The van der Waals surface area contributed by atoms with Gasteiger partial charge in [-0.2, -0.15) is 0 Å². The fourth-order valence-corrected chi connectivity index (χ4v) is 1.95. The van der Waals surface area contributed by atoms with E-state index in [-0.39, 0.29) is 18.2 Å². The number of hydrogen-bond donors (Lipinski definition) is 1. The zero-order valence-corrected chi connectivity index (χ0v) is 13.1. The van der Waals surface area contributed by atoms with Crippen LogP contribution in [0, 0.1) is 0 Å². The number of para-hydroxylation sites is 1. The van der Waals surface area contributed by atoms with E-state index in [1.807, 2.05) is 24.3 Å². The van der Waals surface area contributed by atoms with Gasteiger partial charge in [-0.3, -0.25) is 0 Å². The highest BCUT2D eigenvalue weighted by molar-refractivity contribution is 5.89. The second-order valence-electron chi connectivity index (χ2n) is 4.55. The van der Waals surface area contributed by atoms with Crippen molar-refractivity contribution in [2.45, 2.75) is 6.92 Å². The molecular weight excluding hydrogens is 298 g/mol. The predicted molar refractivity (Wildman–Crippen MR) is 85.2 cm³/mol. The molecular formula is C16H19N3O4. The number of nitrogens with two attached hydrogens (primary N) is 1. The Morgan fingerprint density at radius 1 is 1.22 bits per heavy atom. The van der Waals surface area contributed by atoms with Gasteiger partial charge in [0.15, 0.2) is 5.69 Å². The smallest absolute Gasteiger partial charge is 0.357 e. The summed E-state index contributed by atoms with van der Waals surface area (Å²) in [6.45, 7) is 2.85. The normalized spacial score (nSPS) is 10.3. The van der Waals surface area contributed by atoms with Crippen molar-refractivity contribution in [2.75, 3.05) is 32.7 Å². The van der Waals surface area contributed by atoms with Crippen LogP contribution in [-0.4, -0.2) is 42.9 Å². The number of nitrogens with zero attached hydrogens (tertiary/aromatic N) is 2. The summed E-state index contributed by atoms with van der Waals surface area (Å²) in [5, 5.41) is 0. The Labute approximate surface area is 134 Å². The second kappa shape index (κ2) is 8.09. The molecule has 0 aliphatic carbocycles. The molecule has 0 fully saturated rings. The van der Waals surface area contributed by atoms with E-state index in [1.165, 1.54) is 6.07 Å². The first-order chi connectivity index (χ1) is 11.2. The number of aromatic nitrogens is 2. The van der Waals surface area contributed by atoms with E-state index < -0.39 is 5.97 Å². The monoisotopic (exact) mass is 317 g/mol. The summed E-state index contributed by atoms with van der Waals surface area (Å²) in [5.74, 6) is 0.0790. The Hall–Kier alpha value is -2.67. The number of carbonyl (C=O) groups excluding carboxylic acids is 1. The maximum atomic E-state index is 11.9. The number of esters is 1. The Bertz CT molecular complexity index is 676. The molecule has 1 heterocycles. The number of methoxy groups -OCH3 is 1. The summed E-state index contributed by atoms with van der Waals surface area (Å²) in [6.07, 6.45) is 0. The van der Waals surface area contributed by atoms with Crippen LogP contribution < -0.4 is 10.5 Å². The van der Waals surface area contributed by atoms with Gasteiger partial charge in [-0.05, 0) is 25.1 Å². The molecule has 23 heavy (non-hydrogen) atoms. The summed E-state index contributed by atoms with van der Waals surface area (Å²) < 4.78 is 15.6. The highest BCUT2D eigenvalue weighted by atomic mass is 16.5. The lowest BCUT2D eigenvalue weighted by atomic mass is 10.1. The Morgan fingerprint density at radius 2 is 2.00 bits per heavy atom. The number of nitrogen functional groups attached to an aromatic ring is 1.